The SMILES string of the molecule is CCNC(=O)[C@@H](C)N(Cc1cccc(Br)c1)C(=O)CN(c1ccc(I)cc1)S(=O)(=O)c1ccccc1. The molecule has 0 aliphatic heterocycles. The number of anilines is 1. The molecule has 0 aliphatic carbocycles. The minimum atomic E-state index is -4.06. The molecule has 1 N–H and O–H groups in total. The standard InChI is InChI=1S/C26H27BrIN3O4S/c1-3-29-26(33)19(2)30(17-20-8-7-9-21(27)16-20)25(32)18-31(23-14-12-22(28)13-15-23)36(34,35)24-10-5-4-6-11-24/h4-16,19H,3,17-18H2,1-2H3,(H,29,33)/t19-/m1/s1. The average Bonchev–Trinajstić information content (AvgIpc) is 2.86. The van der Waals surface area contributed by atoms with Crippen LogP contribution in [-0.2, 0) is 26.2 Å². The highest BCUT2D eigenvalue weighted by atomic mass is 127. The topological polar surface area (TPSA) is 86.8 Å². The molecule has 0 fully saturated rings. The van der Waals surface area contributed by atoms with Crippen molar-refractivity contribution in [2.45, 2.75) is 31.3 Å². The van der Waals surface area contributed by atoms with E-state index < -0.39 is 28.5 Å². The van der Waals surface area contributed by atoms with Crippen LogP contribution in [0.2, 0.25) is 0 Å². The number of carbonyl (C=O) groups excluding carboxylic acids is 2. The molecule has 0 radical (unpaired) electrons. The van der Waals surface area contributed by atoms with E-state index in [1.165, 1.54) is 17.0 Å². The minimum Gasteiger partial charge on any atom is -0.355 e. The maximum atomic E-state index is 13.7. The Morgan fingerprint density at radius 3 is 2.28 bits per heavy atom. The summed E-state index contributed by atoms with van der Waals surface area (Å²) in [5, 5.41) is 2.75. The van der Waals surface area contributed by atoms with Crippen LogP contribution in [0.15, 0.2) is 88.2 Å². The van der Waals surface area contributed by atoms with Gasteiger partial charge < -0.3 is 10.2 Å². The van der Waals surface area contributed by atoms with E-state index in [9.17, 15) is 18.0 Å². The molecule has 10 heteroatoms. The lowest BCUT2D eigenvalue weighted by Gasteiger charge is -2.32. The number of hydrogen-bond acceptors (Lipinski definition) is 4. The van der Waals surface area contributed by atoms with E-state index in [2.05, 4.69) is 43.8 Å². The van der Waals surface area contributed by atoms with Gasteiger partial charge in [0.25, 0.3) is 10.0 Å². The van der Waals surface area contributed by atoms with Crippen molar-refractivity contribution in [3.05, 3.63) is 92.5 Å². The van der Waals surface area contributed by atoms with E-state index in [1.54, 1.807) is 56.3 Å². The summed E-state index contributed by atoms with van der Waals surface area (Å²) < 4.78 is 30.2. The van der Waals surface area contributed by atoms with E-state index >= 15 is 0 Å². The zero-order chi connectivity index (χ0) is 26.3. The summed E-state index contributed by atoms with van der Waals surface area (Å²) in [6.45, 7) is 3.54. The molecule has 0 spiro atoms. The molecule has 0 saturated heterocycles. The third-order valence-electron chi connectivity index (χ3n) is 5.48. The van der Waals surface area contributed by atoms with Gasteiger partial charge in [-0.3, -0.25) is 13.9 Å². The highest BCUT2D eigenvalue weighted by Crippen LogP contribution is 2.25. The van der Waals surface area contributed by atoms with Crippen LogP contribution in [0.1, 0.15) is 19.4 Å². The summed E-state index contributed by atoms with van der Waals surface area (Å²) in [4.78, 5) is 27.9. The third kappa shape index (κ3) is 7.07. The summed E-state index contributed by atoms with van der Waals surface area (Å²) in [5.74, 6) is -0.806. The van der Waals surface area contributed by atoms with Crippen LogP contribution < -0.4 is 9.62 Å². The van der Waals surface area contributed by atoms with Gasteiger partial charge in [-0.1, -0.05) is 46.3 Å². The number of halogens is 2. The number of benzene rings is 3. The molecular weight excluding hydrogens is 657 g/mol. The van der Waals surface area contributed by atoms with Crippen LogP contribution in [0.25, 0.3) is 0 Å². The molecule has 0 aromatic heterocycles. The van der Waals surface area contributed by atoms with Crippen molar-refractivity contribution >= 4 is 66.0 Å². The van der Waals surface area contributed by atoms with Crippen LogP contribution in [0.3, 0.4) is 0 Å². The van der Waals surface area contributed by atoms with E-state index in [0.29, 0.717) is 12.2 Å². The van der Waals surface area contributed by atoms with E-state index in [1.807, 2.05) is 24.3 Å². The number of likely N-dealkylation sites (N-methyl/N-ethyl adjacent to an activating group) is 1. The maximum absolute atomic E-state index is 13.7. The zero-order valence-corrected chi connectivity index (χ0v) is 24.5. The molecular formula is C26H27BrIN3O4S. The van der Waals surface area contributed by atoms with Crippen molar-refractivity contribution in [3.8, 4) is 0 Å². The molecule has 2 amide bonds. The van der Waals surface area contributed by atoms with E-state index in [0.717, 1.165) is 17.9 Å². The monoisotopic (exact) mass is 683 g/mol. The minimum absolute atomic E-state index is 0.0756. The number of nitrogens with one attached hydrogen (secondary N) is 1. The highest BCUT2D eigenvalue weighted by Gasteiger charge is 2.32. The van der Waals surface area contributed by atoms with Gasteiger partial charge in [0.05, 0.1) is 10.6 Å². The number of nitrogens with zero attached hydrogens (tertiary/aromatic N) is 2. The fourth-order valence-corrected chi connectivity index (χ4v) is 5.83. The number of amides is 2. The van der Waals surface area contributed by atoms with E-state index in [4.69, 9.17) is 0 Å². The van der Waals surface area contributed by atoms with Crippen LogP contribution in [0.5, 0.6) is 0 Å². The first-order valence-corrected chi connectivity index (χ1v) is 14.6. The Hall–Kier alpha value is -2.44. The van der Waals surface area contributed by atoms with Gasteiger partial charge in [0, 0.05) is 21.1 Å². The quantitative estimate of drug-likeness (QED) is 0.311. The zero-order valence-electron chi connectivity index (χ0n) is 19.9. The Morgan fingerprint density at radius 1 is 1.00 bits per heavy atom. The van der Waals surface area contributed by atoms with Crippen LogP contribution in [0.4, 0.5) is 5.69 Å². The van der Waals surface area contributed by atoms with Crippen molar-refractivity contribution < 1.29 is 18.0 Å². The molecule has 3 aromatic rings. The molecule has 190 valence electrons. The second-order valence-corrected chi connectivity index (χ2v) is 12.0. The lowest BCUT2D eigenvalue weighted by Crippen LogP contribution is -2.51. The predicted molar refractivity (Wildman–Crippen MR) is 153 cm³/mol. The van der Waals surface area contributed by atoms with Gasteiger partial charge in [-0.2, -0.15) is 0 Å². The molecule has 1 atom stereocenters. The van der Waals surface area contributed by atoms with Gasteiger partial charge in [-0.25, -0.2) is 8.42 Å². The first kappa shape index (κ1) is 28.1. The van der Waals surface area contributed by atoms with Crippen molar-refractivity contribution in [2.75, 3.05) is 17.4 Å². The van der Waals surface area contributed by atoms with Gasteiger partial charge in [0.15, 0.2) is 0 Å². The number of rotatable bonds is 10. The molecule has 7 nitrogen and oxygen atoms in total. The Balaban J connectivity index is 2.01. The Labute approximate surface area is 234 Å². The molecule has 0 heterocycles. The third-order valence-corrected chi connectivity index (χ3v) is 8.49. The highest BCUT2D eigenvalue weighted by molar-refractivity contribution is 14.1. The number of sulfonamides is 1. The van der Waals surface area contributed by atoms with Crippen molar-refractivity contribution in [1.29, 1.82) is 0 Å². The molecule has 3 aromatic carbocycles. The molecule has 36 heavy (non-hydrogen) atoms. The van der Waals surface area contributed by atoms with Crippen LogP contribution in [0, 0.1) is 3.57 Å². The Morgan fingerprint density at radius 2 is 1.67 bits per heavy atom. The van der Waals surface area contributed by atoms with Gasteiger partial charge in [-0.15, -0.1) is 0 Å². The van der Waals surface area contributed by atoms with Gasteiger partial charge >= 0.3 is 0 Å². The Kier molecular flexibility index (Phi) is 9.92. The summed E-state index contributed by atoms with van der Waals surface area (Å²) in [6.07, 6.45) is 0. The molecule has 0 saturated carbocycles. The molecule has 3 rings (SSSR count). The average molecular weight is 684 g/mol. The number of hydrogen-bond donors (Lipinski definition) is 1. The van der Waals surface area contributed by atoms with Crippen LogP contribution >= 0.6 is 38.5 Å². The van der Waals surface area contributed by atoms with Crippen molar-refractivity contribution in [3.63, 3.8) is 0 Å². The summed E-state index contributed by atoms with van der Waals surface area (Å²) in [7, 11) is -4.06. The van der Waals surface area contributed by atoms with Gasteiger partial charge in [0.1, 0.15) is 12.6 Å². The second-order valence-electron chi connectivity index (χ2n) is 8.02. The molecule has 0 aliphatic rings. The summed E-state index contributed by atoms with van der Waals surface area (Å²) in [6, 6.07) is 21.5. The fraction of sp³-hybridized carbons (Fsp3) is 0.231. The number of carbonyl (C=O) groups is 2. The smallest absolute Gasteiger partial charge is 0.264 e. The normalized spacial score (nSPS) is 12.0. The van der Waals surface area contributed by atoms with Gasteiger partial charge in [0.2, 0.25) is 11.8 Å². The Bertz CT molecular complexity index is 1300. The fourth-order valence-electron chi connectivity index (χ4n) is 3.59. The lowest BCUT2D eigenvalue weighted by atomic mass is 10.1. The first-order valence-electron chi connectivity index (χ1n) is 11.3. The second kappa shape index (κ2) is 12.7. The summed E-state index contributed by atoms with van der Waals surface area (Å²) in [5.41, 5.74) is 1.17. The van der Waals surface area contributed by atoms with E-state index in [-0.39, 0.29) is 17.3 Å². The first-order chi connectivity index (χ1) is 17.1. The molecule has 0 bridgehead atoms. The van der Waals surface area contributed by atoms with Gasteiger partial charge in [-0.05, 0) is 90.5 Å². The largest absolute Gasteiger partial charge is 0.355 e. The summed E-state index contributed by atoms with van der Waals surface area (Å²) >= 11 is 5.57. The van der Waals surface area contributed by atoms with Crippen LogP contribution in [-0.4, -0.2) is 44.3 Å². The maximum Gasteiger partial charge on any atom is 0.264 e. The van der Waals surface area contributed by atoms with Crippen molar-refractivity contribution in [1.82, 2.24) is 10.2 Å². The lowest BCUT2D eigenvalue weighted by molar-refractivity contribution is -0.139. The predicted octanol–water partition coefficient (Wildman–Crippen LogP) is 4.80. The van der Waals surface area contributed by atoms with Crippen molar-refractivity contribution in [2.24, 2.45) is 0 Å². The molecule has 0 unspecified atom stereocenters.